The second kappa shape index (κ2) is 5.67. The van der Waals surface area contributed by atoms with Gasteiger partial charge in [0, 0.05) is 12.8 Å². The van der Waals surface area contributed by atoms with Crippen LogP contribution in [0.2, 0.25) is 0 Å². The van der Waals surface area contributed by atoms with Crippen LogP contribution in [0.3, 0.4) is 0 Å². The number of carbonyl (C=O) groups is 1. The second-order valence-corrected chi connectivity index (χ2v) is 4.72. The highest BCUT2D eigenvalue weighted by Crippen LogP contribution is 2.34. The Kier molecular flexibility index (Phi) is 4.70. The molecule has 0 spiro atoms. The first-order valence-corrected chi connectivity index (χ1v) is 5.92. The molecule has 0 aromatic rings. The number of esters is 1. The van der Waals surface area contributed by atoms with Crippen molar-refractivity contribution in [1.82, 2.24) is 0 Å². The third kappa shape index (κ3) is 3.96. The molecule has 0 N–H and O–H groups in total. The lowest BCUT2D eigenvalue weighted by molar-refractivity contribution is -0.188. The van der Waals surface area contributed by atoms with E-state index in [0.717, 1.165) is 13.3 Å². The fraction of sp³-hybridized carbons (Fsp3) is 0.909. The zero-order valence-corrected chi connectivity index (χ0v) is 10.1. The van der Waals surface area contributed by atoms with Gasteiger partial charge in [0.2, 0.25) is 5.72 Å². The summed E-state index contributed by atoms with van der Waals surface area (Å²) in [4.78, 5) is 22.2. The smallest absolute Gasteiger partial charge is 0.392 e. The number of halogens is 3. The molecular formula is C11H16F3NO3. The summed E-state index contributed by atoms with van der Waals surface area (Å²) < 4.78 is 41.7. The number of rotatable bonds is 4. The molecule has 0 radical (unpaired) electrons. The van der Waals surface area contributed by atoms with Gasteiger partial charge in [-0.3, -0.25) is 4.79 Å². The molecular weight excluding hydrogens is 251 g/mol. The van der Waals surface area contributed by atoms with Crippen LogP contribution in [-0.4, -0.2) is 17.9 Å². The van der Waals surface area contributed by atoms with Crippen molar-refractivity contribution in [2.45, 2.75) is 57.3 Å². The van der Waals surface area contributed by atoms with Crippen molar-refractivity contribution in [3.8, 4) is 0 Å². The van der Waals surface area contributed by atoms with E-state index in [1.165, 1.54) is 0 Å². The Morgan fingerprint density at radius 1 is 1.33 bits per heavy atom. The fourth-order valence-electron chi connectivity index (χ4n) is 1.94. The van der Waals surface area contributed by atoms with Crippen molar-refractivity contribution in [3.63, 3.8) is 0 Å². The molecule has 104 valence electrons. The fourth-order valence-corrected chi connectivity index (χ4v) is 1.94. The summed E-state index contributed by atoms with van der Waals surface area (Å²) in [5.41, 5.74) is -1.44. The number of alkyl halides is 3. The van der Waals surface area contributed by atoms with Crippen molar-refractivity contribution in [1.29, 1.82) is 0 Å². The largest absolute Gasteiger partial charge is 0.434 e. The zero-order valence-electron chi connectivity index (χ0n) is 10.1. The molecule has 0 heterocycles. The lowest BCUT2D eigenvalue weighted by Crippen LogP contribution is -2.36. The molecule has 0 saturated heterocycles. The standard InChI is InChI=1S/C11H16F3NO3/c1-8(11(12,13)14)7-9(16)18-10(15-17)5-3-2-4-6-10/h8H,2-7H2,1H3. The Bertz CT molecular complexity index is 311. The third-order valence-electron chi connectivity index (χ3n) is 3.14. The van der Waals surface area contributed by atoms with Crippen molar-refractivity contribution in [3.05, 3.63) is 4.91 Å². The molecule has 0 aliphatic heterocycles. The van der Waals surface area contributed by atoms with Crippen LogP contribution < -0.4 is 0 Å². The van der Waals surface area contributed by atoms with E-state index in [0.29, 0.717) is 25.7 Å². The SMILES string of the molecule is CC(CC(=O)OC1(N=O)CCCCC1)C(F)(F)F. The average Bonchev–Trinajstić information content (AvgIpc) is 2.28. The van der Waals surface area contributed by atoms with E-state index in [-0.39, 0.29) is 0 Å². The molecule has 0 bridgehead atoms. The summed E-state index contributed by atoms with van der Waals surface area (Å²) in [6.45, 7) is 0.906. The lowest BCUT2D eigenvalue weighted by Gasteiger charge is -2.30. The van der Waals surface area contributed by atoms with Gasteiger partial charge in [0.15, 0.2) is 0 Å². The van der Waals surface area contributed by atoms with Crippen LogP contribution in [0.4, 0.5) is 13.2 Å². The topological polar surface area (TPSA) is 55.7 Å². The summed E-state index contributed by atoms with van der Waals surface area (Å²) in [5.74, 6) is -2.79. The van der Waals surface area contributed by atoms with Gasteiger partial charge in [0.05, 0.1) is 12.3 Å². The number of hydrogen-bond acceptors (Lipinski definition) is 4. The van der Waals surface area contributed by atoms with E-state index in [1.54, 1.807) is 0 Å². The summed E-state index contributed by atoms with van der Waals surface area (Å²) in [6, 6.07) is 0. The van der Waals surface area contributed by atoms with Crippen molar-refractivity contribution >= 4 is 5.97 Å². The molecule has 0 amide bonds. The number of ether oxygens (including phenoxy) is 1. The Labute approximate surface area is 103 Å². The summed E-state index contributed by atoms with van der Waals surface area (Å²) in [6.07, 6.45) is -2.34. The molecule has 1 fully saturated rings. The molecule has 18 heavy (non-hydrogen) atoms. The number of nitrogens with zero attached hydrogens (tertiary/aromatic N) is 1. The van der Waals surface area contributed by atoms with E-state index < -0.39 is 30.2 Å². The summed E-state index contributed by atoms with van der Waals surface area (Å²) >= 11 is 0. The van der Waals surface area contributed by atoms with Crippen LogP contribution in [0.1, 0.15) is 45.4 Å². The van der Waals surface area contributed by atoms with Gasteiger partial charge in [-0.2, -0.15) is 13.2 Å². The molecule has 1 saturated carbocycles. The average molecular weight is 267 g/mol. The van der Waals surface area contributed by atoms with Crippen molar-refractivity contribution in [2.24, 2.45) is 11.1 Å². The van der Waals surface area contributed by atoms with Crippen LogP contribution in [0, 0.1) is 10.8 Å². The van der Waals surface area contributed by atoms with E-state index in [2.05, 4.69) is 5.18 Å². The molecule has 1 unspecified atom stereocenters. The number of nitroso groups, excluding NO2 is 1. The van der Waals surface area contributed by atoms with E-state index >= 15 is 0 Å². The molecule has 1 atom stereocenters. The van der Waals surface area contributed by atoms with Crippen LogP contribution in [0.25, 0.3) is 0 Å². The quantitative estimate of drug-likeness (QED) is 0.578. The van der Waals surface area contributed by atoms with Gasteiger partial charge in [0.25, 0.3) is 0 Å². The van der Waals surface area contributed by atoms with Crippen molar-refractivity contribution < 1.29 is 22.7 Å². The molecule has 1 rings (SSSR count). The molecule has 0 aromatic heterocycles. The Balaban J connectivity index is 2.55. The molecule has 4 nitrogen and oxygen atoms in total. The lowest BCUT2D eigenvalue weighted by atomic mass is 9.92. The van der Waals surface area contributed by atoms with Gasteiger partial charge in [-0.05, 0) is 18.0 Å². The van der Waals surface area contributed by atoms with E-state index in [1.807, 2.05) is 0 Å². The summed E-state index contributed by atoms with van der Waals surface area (Å²) in [7, 11) is 0. The van der Waals surface area contributed by atoms with Crippen LogP contribution in [-0.2, 0) is 9.53 Å². The Morgan fingerprint density at radius 3 is 2.33 bits per heavy atom. The maximum Gasteiger partial charge on any atom is 0.392 e. The predicted octanol–water partition coefficient (Wildman–Crippen LogP) is 3.54. The predicted molar refractivity (Wildman–Crippen MR) is 57.5 cm³/mol. The number of carbonyl (C=O) groups excluding carboxylic acids is 1. The molecule has 1 aliphatic carbocycles. The van der Waals surface area contributed by atoms with Crippen LogP contribution in [0.15, 0.2) is 5.18 Å². The molecule has 7 heteroatoms. The monoisotopic (exact) mass is 267 g/mol. The maximum absolute atomic E-state index is 12.3. The minimum Gasteiger partial charge on any atom is -0.434 e. The maximum atomic E-state index is 12.3. The van der Waals surface area contributed by atoms with Gasteiger partial charge < -0.3 is 4.74 Å². The Morgan fingerprint density at radius 2 is 1.89 bits per heavy atom. The minimum atomic E-state index is -4.44. The van der Waals surface area contributed by atoms with E-state index in [9.17, 15) is 22.9 Å². The van der Waals surface area contributed by atoms with Gasteiger partial charge in [-0.1, -0.05) is 13.3 Å². The molecule has 1 aliphatic rings. The second-order valence-electron chi connectivity index (χ2n) is 4.72. The van der Waals surface area contributed by atoms with Gasteiger partial charge in [0.1, 0.15) is 0 Å². The van der Waals surface area contributed by atoms with Crippen LogP contribution in [0.5, 0.6) is 0 Å². The number of hydrogen-bond donors (Lipinski definition) is 0. The third-order valence-corrected chi connectivity index (χ3v) is 3.14. The highest BCUT2D eigenvalue weighted by Gasteiger charge is 2.41. The first kappa shape index (κ1) is 14.9. The normalized spacial score (nSPS) is 21.1. The summed E-state index contributed by atoms with van der Waals surface area (Å²) in [5, 5.41) is 2.81. The minimum absolute atomic E-state index is 0.294. The first-order valence-electron chi connectivity index (χ1n) is 5.92. The van der Waals surface area contributed by atoms with Crippen molar-refractivity contribution in [2.75, 3.05) is 0 Å². The highest BCUT2D eigenvalue weighted by molar-refractivity contribution is 5.70. The van der Waals surface area contributed by atoms with Gasteiger partial charge in [-0.15, -0.1) is 4.91 Å². The Hall–Kier alpha value is -1.14. The van der Waals surface area contributed by atoms with Crippen LogP contribution >= 0.6 is 0 Å². The first-order chi connectivity index (χ1) is 8.29. The van der Waals surface area contributed by atoms with E-state index in [4.69, 9.17) is 4.74 Å². The van der Waals surface area contributed by atoms with Gasteiger partial charge >= 0.3 is 12.1 Å². The highest BCUT2D eigenvalue weighted by atomic mass is 19.4. The van der Waals surface area contributed by atoms with Gasteiger partial charge in [-0.25, -0.2) is 0 Å². The zero-order chi connectivity index (χ0) is 13.8. The molecule has 0 aromatic carbocycles.